The van der Waals surface area contributed by atoms with Crippen molar-refractivity contribution < 1.29 is 14.3 Å². The van der Waals surface area contributed by atoms with Gasteiger partial charge < -0.3 is 20.5 Å². The summed E-state index contributed by atoms with van der Waals surface area (Å²) in [7, 11) is 1.66. The fourth-order valence-electron chi connectivity index (χ4n) is 3.90. The van der Waals surface area contributed by atoms with E-state index >= 15 is 0 Å². The van der Waals surface area contributed by atoms with Crippen LogP contribution in [0.2, 0.25) is 0 Å². The van der Waals surface area contributed by atoms with Crippen molar-refractivity contribution in [1.29, 1.82) is 0 Å². The Hall–Kier alpha value is -1.46. The predicted octanol–water partition coefficient (Wildman–Crippen LogP) is 3.57. The second-order valence-corrected chi connectivity index (χ2v) is 7.34. The van der Waals surface area contributed by atoms with E-state index in [9.17, 15) is 4.79 Å². The van der Waals surface area contributed by atoms with E-state index in [2.05, 4.69) is 5.32 Å². The van der Waals surface area contributed by atoms with Gasteiger partial charge >= 0.3 is 0 Å². The van der Waals surface area contributed by atoms with Crippen molar-refractivity contribution in [3.8, 4) is 11.5 Å². The molecule has 1 amide bonds. The zero-order chi connectivity index (χ0) is 17.6. The van der Waals surface area contributed by atoms with Crippen LogP contribution in [0.4, 0.5) is 0 Å². The van der Waals surface area contributed by atoms with Crippen LogP contribution in [0.3, 0.4) is 0 Å². The normalized spacial score (nSPS) is 23.2. The van der Waals surface area contributed by atoms with Crippen molar-refractivity contribution in [2.45, 2.75) is 70.1 Å². The summed E-state index contributed by atoms with van der Waals surface area (Å²) in [6.07, 6.45) is 8.72. The fraction of sp³-hybridized carbons (Fsp3) is 0.650. The number of amides is 1. The summed E-state index contributed by atoms with van der Waals surface area (Å²) in [6, 6.07) is 5.98. The average molecular weight is 383 g/mol. The van der Waals surface area contributed by atoms with Gasteiger partial charge in [-0.2, -0.15) is 0 Å². The predicted molar refractivity (Wildman–Crippen MR) is 105 cm³/mol. The van der Waals surface area contributed by atoms with Crippen LogP contribution < -0.4 is 20.5 Å². The second kappa shape index (κ2) is 10.0. The molecule has 0 radical (unpaired) electrons. The largest absolute Gasteiger partial charge is 0.497 e. The Bertz CT molecular complexity index is 590. The SMILES string of the molecule is COc1ccc(CNC(=O)C2CCCC(N)C2)c(OC2CCCC2)c1.Cl. The van der Waals surface area contributed by atoms with Gasteiger partial charge in [0.25, 0.3) is 0 Å². The molecule has 3 rings (SSSR count). The Morgan fingerprint density at radius 1 is 1.19 bits per heavy atom. The molecule has 2 aliphatic carbocycles. The number of benzene rings is 1. The van der Waals surface area contributed by atoms with Crippen molar-refractivity contribution in [3.63, 3.8) is 0 Å². The lowest BCUT2D eigenvalue weighted by molar-refractivity contribution is -0.126. The molecule has 26 heavy (non-hydrogen) atoms. The number of carbonyl (C=O) groups excluding carboxylic acids is 1. The number of hydrogen-bond donors (Lipinski definition) is 2. The first-order valence-corrected chi connectivity index (χ1v) is 9.52. The van der Waals surface area contributed by atoms with Crippen LogP contribution >= 0.6 is 12.4 Å². The van der Waals surface area contributed by atoms with E-state index in [-0.39, 0.29) is 36.4 Å². The standard InChI is InChI=1S/C20H30N2O3.ClH/c1-24-18-10-9-15(19(12-18)25-17-7-2-3-8-17)13-22-20(23)14-5-4-6-16(21)11-14;/h9-10,12,14,16-17H,2-8,11,13,21H2,1H3,(H,22,23);1H. The molecule has 0 saturated heterocycles. The quantitative estimate of drug-likeness (QED) is 0.788. The highest BCUT2D eigenvalue weighted by molar-refractivity contribution is 5.85. The minimum Gasteiger partial charge on any atom is -0.497 e. The molecular weight excluding hydrogens is 352 g/mol. The molecule has 0 bridgehead atoms. The molecule has 2 saturated carbocycles. The van der Waals surface area contributed by atoms with E-state index in [0.29, 0.717) is 6.54 Å². The number of ether oxygens (including phenoxy) is 2. The van der Waals surface area contributed by atoms with Crippen LogP contribution in [0.5, 0.6) is 11.5 Å². The number of hydrogen-bond acceptors (Lipinski definition) is 4. The Morgan fingerprint density at radius 3 is 2.65 bits per heavy atom. The molecule has 0 heterocycles. The van der Waals surface area contributed by atoms with Crippen LogP contribution in [0, 0.1) is 5.92 Å². The summed E-state index contributed by atoms with van der Waals surface area (Å²) in [4.78, 5) is 12.5. The maximum atomic E-state index is 12.5. The molecule has 1 aromatic carbocycles. The van der Waals surface area contributed by atoms with E-state index in [1.165, 1.54) is 12.8 Å². The van der Waals surface area contributed by atoms with E-state index in [1.54, 1.807) is 7.11 Å². The lowest BCUT2D eigenvalue weighted by Gasteiger charge is -2.26. The second-order valence-electron chi connectivity index (χ2n) is 7.34. The third-order valence-electron chi connectivity index (χ3n) is 5.41. The van der Waals surface area contributed by atoms with Crippen LogP contribution in [0.25, 0.3) is 0 Å². The minimum absolute atomic E-state index is 0. The molecule has 5 nitrogen and oxygen atoms in total. The lowest BCUT2D eigenvalue weighted by Crippen LogP contribution is -2.37. The van der Waals surface area contributed by atoms with E-state index < -0.39 is 0 Å². The van der Waals surface area contributed by atoms with Crippen molar-refractivity contribution >= 4 is 18.3 Å². The van der Waals surface area contributed by atoms with Gasteiger partial charge in [0.15, 0.2) is 0 Å². The Kier molecular flexibility index (Phi) is 8.04. The molecule has 0 aliphatic heterocycles. The minimum atomic E-state index is 0. The Balaban J connectivity index is 0.00000243. The molecule has 3 N–H and O–H groups in total. The van der Waals surface area contributed by atoms with Crippen LogP contribution in [-0.2, 0) is 11.3 Å². The molecule has 2 fully saturated rings. The van der Waals surface area contributed by atoms with E-state index in [1.807, 2.05) is 18.2 Å². The van der Waals surface area contributed by atoms with Gasteiger partial charge in [0.2, 0.25) is 5.91 Å². The number of methoxy groups -OCH3 is 1. The number of nitrogens with one attached hydrogen (secondary N) is 1. The molecule has 146 valence electrons. The molecule has 6 heteroatoms. The summed E-state index contributed by atoms with van der Waals surface area (Å²) in [5.74, 6) is 1.76. The fourth-order valence-corrected chi connectivity index (χ4v) is 3.90. The number of carbonyl (C=O) groups is 1. The smallest absolute Gasteiger partial charge is 0.223 e. The van der Waals surface area contributed by atoms with Crippen molar-refractivity contribution in [1.82, 2.24) is 5.32 Å². The average Bonchev–Trinajstić information content (AvgIpc) is 3.13. The van der Waals surface area contributed by atoms with Gasteiger partial charge in [-0.3, -0.25) is 4.79 Å². The Labute approximate surface area is 162 Å². The summed E-state index contributed by atoms with van der Waals surface area (Å²) >= 11 is 0. The van der Waals surface area contributed by atoms with Gasteiger partial charge in [0.1, 0.15) is 11.5 Å². The highest BCUT2D eigenvalue weighted by Gasteiger charge is 2.25. The van der Waals surface area contributed by atoms with Crippen molar-refractivity contribution in [3.05, 3.63) is 23.8 Å². The molecule has 2 aliphatic rings. The molecule has 0 aromatic heterocycles. The number of nitrogens with two attached hydrogens (primary N) is 1. The summed E-state index contributed by atoms with van der Waals surface area (Å²) in [5.41, 5.74) is 7.00. The lowest BCUT2D eigenvalue weighted by atomic mass is 9.85. The van der Waals surface area contributed by atoms with Crippen LogP contribution in [0.1, 0.15) is 56.9 Å². The topological polar surface area (TPSA) is 73.6 Å². The monoisotopic (exact) mass is 382 g/mol. The molecule has 2 atom stereocenters. The van der Waals surface area contributed by atoms with Crippen LogP contribution in [0.15, 0.2) is 18.2 Å². The van der Waals surface area contributed by atoms with Gasteiger partial charge in [-0.15, -0.1) is 12.4 Å². The summed E-state index contributed by atoms with van der Waals surface area (Å²) in [5, 5.41) is 3.08. The van der Waals surface area contributed by atoms with Gasteiger partial charge in [-0.25, -0.2) is 0 Å². The Morgan fingerprint density at radius 2 is 1.96 bits per heavy atom. The molecular formula is C20H31ClN2O3. The maximum absolute atomic E-state index is 12.5. The summed E-state index contributed by atoms with van der Waals surface area (Å²) < 4.78 is 11.5. The van der Waals surface area contributed by atoms with Crippen molar-refractivity contribution in [2.24, 2.45) is 11.7 Å². The first-order chi connectivity index (χ1) is 12.2. The van der Waals surface area contributed by atoms with E-state index in [4.69, 9.17) is 15.2 Å². The first-order valence-electron chi connectivity index (χ1n) is 9.52. The first kappa shape index (κ1) is 20.8. The highest BCUT2D eigenvalue weighted by Crippen LogP contribution is 2.30. The zero-order valence-corrected chi connectivity index (χ0v) is 16.4. The third-order valence-corrected chi connectivity index (χ3v) is 5.41. The maximum Gasteiger partial charge on any atom is 0.223 e. The number of halogens is 1. The van der Waals surface area contributed by atoms with Crippen molar-refractivity contribution in [2.75, 3.05) is 7.11 Å². The highest BCUT2D eigenvalue weighted by atomic mass is 35.5. The van der Waals surface area contributed by atoms with Gasteiger partial charge in [0.05, 0.1) is 13.2 Å². The van der Waals surface area contributed by atoms with Gasteiger partial charge in [-0.05, 0) is 57.1 Å². The van der Waals surface area contributed by atoms with Crippen LogP contribution in [-0.4, -0.2) is 25.2 Å². The molecule has 1 aromatic rings. The number of rotatable bonds is 6. The van der Waals surface area contributed by atoms with Gasteiger partial charge in [-0.1, -0.05) is 6.42 Å². The summed E-state index contributed by atoms with van der Waals surface area (Å²) in [6.45, 7) is 0.483. The zero-order valence-electron chi connectivity index (χ0n) is 15.5. The molecule has 0 spiro atoms. The molecule has 2 unspecified atom stereocenters. The third kappa shape index (κ3) is 5.52. The van der Waals surface area contributed by atoms with E-state index in [0.717, 1.165) is 55.6 Å². The van der Waals surface area contributed by atoms with Gasteiger partial charge in [0, 0.05) is 30.1 Å².